The maximum absolute atomic E-state index is 6.11. The molecule has 0 aliphatic carbocycles. The smallest absolute Gasteiger partial charge is 0.233 e. The highest BCUT2D eigenvalue weighted by molar-refractivity contribution is 5.86. The van der Waals surface area contributed by atoms with Crippen molar-refractivity contribution in [2.45, 2.75) is 27.4 Å². The molecular weight excluding hydrogens is 438 g/mol. The molecule has 6 aromatic rings. The third kappa shape index (κ3) is 4.01. The van der Waals surface area contributed by atoms with E-state index in [2.05, 4.69) is 46.2 Å². The molecule has 0 unspecified atom stereocenters. The van der Waals surface area contributed by atoms with Gasteiger partial charge in [0, 0.05) is 10.8 Å². The molecular formula is C28H23N5O2. The Kier molecular flexibility index (Phi) is 5.03. The molecule has 0 atom stereocenters. The zero-order chi connectivity index (χ0) is 23.9. The number of nitrogens with one attached hydrogen (secondary N) is 1. The maximum Gasteiger partial charge on any atom is 0.233 e. The van der Waals surface area contributed by atoms with E-state index in [1.54, 1.807) is 0 Å². The van der Waals surface area contributed by atoms with Crippen LogP contribution in [0.5, 0.6) is 5.88 Å². The van der Waals surface area contributed by atoms with E-state index < -0.39 is 0 Å². The van der Waals surface area contributed by atoms with Crippen LogP contribution in [-0.4, -0.2) is 19.9 Å². The van der Waals surface area contributed by atoms with E-state index in [1.165, 1.54) is 11.1 Å². The number of hydrogen-bond acceptors (Lipinski definition) is 7. The van der Waals surface area contributed by atoms with E-state index in [0.29, 0.717) is 17.8 Å². The summed E-state index contributed by atoms with van der Waals surface area (Å²) in [5.41, 5.74) is 5.76. The molecule has 0 saturated carbocycles. The molecule has 0 saturated heterocycles. The van der Waals surface area contributed by atoms with Gasteiger partial charge in [-0.05, 0) is 68.3 Å². The monoisotopic (exact) mass is 461 g/mol. The number of ether oxygens (including phenoxy) is 1. The van der Waals surface area contributed by atoms with Gasteiger partial charge in [-0.3, -0.25) is 5.32 Å². The second-order valence-corrected chi connectivity index (χ2v) is 8.62. The van der Waals surface area contributed by atoms with Gasteiger partial charge in [0.05, 0.1) is 22.1 Å². The minimum atomic E-state index is 0.249. The zero-order valence-corrected chi connectivity index (χ0v) is 19.7. The SMILES string of the molecule is Cc1cc2nc(Nc3nc(OCc4cc5ccccc5o4)c4ccccc4n3)nc(C)c2cc1C. The summed E-state index contributed by atoms with van der Waals surface area (Å²) in [5, 5.41) is 6.06. The molecule has 7 nitrogen and oxygen atoms in total. The lowest BCUT2D eigenvalue weighted by Gasteiger charge is -2.11. The maximum atomic E-state index is 6.11. The number of fused-ring (bicyclic) bond motifs is 3. The van der Waals surface area contributed by atoms with Crippen LogP contribution < -0.4 is 10.1 Å². The third-order valence-electron chi connectivity index (χ3n) is 6.12. The number of aromatic nitrogens is 4. The van der Waals surface area contributed by atoms with E-state index in [4.69, 9.17) is 14.1 Å². The summed E-state index contributed by atoms with van der Waals surface area (Å²) in [6, 6.07) is 21.8. The third-order valence-corrected chi connectivity index (χ3v) is 6.12. The van der Waals surface area contributed by atoms with Crippen molar-refractivity contribution in [2.75, 3.05) is 5.32 Å². The van der Waals surface area contributed by atoms with Gasteiger partial charge in [-0.15, -0.1) is 0 Å². The fourth-order valence-corrected chi connectivity index (χ4v) is 4.16. The van der Waals surface area contributed by atoms with Gasteiger partial charge in [0.15, 0.2) is 0 Å². The molecule has 3 aromatic heterocycles. The van der Waals surface area contributed by atoms with E-state index in [-0.39, 0.29) is 6.61 Å². The van der Waals surface area contributed by atoms with E-state index >= 15 is 0 Å². The molecule has 3 heterocycles. The van der Waals surface area contributed by atoms with Crippen LogP contribution in [0, 0.1) is 20.8 Å². The van der Waals surface area contributed by atoms with E-state index in [1.807, 2.05) is 61.5 Å². The van der Waals surface area contributed by atoms with Crippen molar-refractivity contribution < 1.29 is 9.15 Å². The Balaban J connectivity index is 1.34. The molecule has 0 aliphatic heterocycles. The van der Waals surface area contributed by atoms with Gasteiger partial charge in [0.1, 0.15) is 18.0 Å². The lowest BCUT2D eigenvalue weighted by atomic mass is 10.1. The number of rotatable bonds is 5. The molecule has 35 heavy (non-hydrogen) atoms. The molecule has 0 radical (unpaired) electrons. The van der Waals surface area contributed by atoms with Crippen LogP contribution in [0.3, 0.4) is 0 Å². The summed E-state index contributed by atoms with van der Waals surface area (Å²) < 4.78 is 12.0. The molecule has 0 spiro atoms. The Morgan fingerprint density at radius 3 is 2.37 bits per heavy atom. The van der Waals surface area contributed by atoms with E-state index in [0.717, 1.165) is 44.2 Å². The van der Waals surface area contributed by atoms with Crippen LogP contribution in [0.15, 0.2) is 71.1 Å². The summed E-state index contributed by atoms with van der Waals surface area (Å²) in [4.78, 5) is 18.6. The summed E-state index contributed by atoms with van der Waals surface area (Å²) in [7, 11) is 0. The first-order valence-corrected chi connectivity index (χ1v) is 11.4. The molecule has 6 rings (SSSR count). The van der Waals surface area contributed by atoms with Crippen LogP contribution in [0.25, 0.3) is 32.8 Å². The second-order valence-electron chi connectivity index (χ2n) is 8.62. The van der Waals surface area contributed by atoms with Crippen molar-refractivity contribution in [1.82, 2.24) is 19.9 Å². The first-order valence-electron chi connectivity index (χ1n) is 11.4. The number of benzene rings is 3. The van der Waals surface area contributed by atoms with Gasteiger partial charge >= 0.3 is 0 Å². The van der Waals surface area contributed by atoms with Gasteiger partial charge in [0.25, 0.3) is 0 Å². The number of hydrogen-bond donors (Lipinski definition) is 1. The van der Waals surface area contributed by atoms with Crippen molar-refractivity contribution in [3.8, 4) is 5.88 Å². The number of nitrogens with zero attached hydrogens (tertiary/aromatic N) is 4. The van der Waals surface area contributed by atoms with Crippen LogP contribution in [-0.2, 0) is 6.61 Å². The normalized spacial score (nSPS) is 11.4. The Morgan fingerprint density at radius 2 is 1.49 bits per heavy atom. The minimum Gasteiger partial charge on any atom is -0.469 e. The first kappa shape index (κ1) is 21.0. The Labute approximate surface area is 201 Å². The molecule has 3 aromatic carbocycles. The predicted octanol–water partition coefficient (Wildman–Crippen LogP) is 6.57. The Bertz CT molecular complexity index is 1690. The molecule has 0 bridgehead atoms. The lowest BCUT2D eigenvalue weighted by molar-refractivity contribution is 0.268. The van der Waals surface area contributed by atoms with Gasteiger partial charge < -0.3 is 9.15 Å². The highest BCUT2D eigenvalue weighted by Gasteiger charge is 2.13. The summed E-state index contributed by atoms with van der Waals surface area (Å²) in [6.07, 6.45) is 0. The van der Waals surface area contributed by atoms with Crippen molar-refractivity contribution >= 4 is 44.7 Å². The van der Waals surface area contributed by atoms with Crippen molar-refractivity contribution in [2.24, 2.45) is 0 Å². The van der Waals surface area contributed by atoms with Crippen molar-refractivity contribution in [1.29, 1.82) is 0 Å². The summed E-state index contributed by atoms with van der Waals surface area (Å²) >= 11 is 0. The molecule has 172 valence electrons. The average Bonchev–Trinajstić information content (AvgIpc) is 3.27. The number of para-hydroxylation sites is 2. The first-order chi connectivity index (χ1) is 17.0. The van der Waals surface area contributed by atoms with Crippen LogP contribution in [0.1, 0.15) is 22.6 Å². The fourth-order valence-electron chi connectivity index (χ4n) is 4.16. The quantitative estimate of drug-likeness (QED) is 0.311. The largest absolute Gasteiger partial charge is 0.469 e. The van der Waals surface area contributed by atoms with Gasteiger partial charge in [-0.1, -0.05) is 30.3 Å². The lowest BCUT2D eigenvalue weighted by Crippen LogP contribution is -2.05. The minimum absolute atomic E-state index is 0.249. The molecule has 0 amide bonds. The highest BCUT2D eigenvalue weighted by atomic mass is 16.5. The molecule has 0 fully saturated rings. The highest BCUT2D eigenvalue weighted by Crippen LogP contribution is 2.28. The summed E-state index contributed by atoms with van der Waals surface area (Å²) in [6.45, 7) is 6.40. The second kappa shape index (κ2) is 8.36. The predicted molar refractivity (Wildman–Crippen MR) is 137 cm³/mol. The van der Waals surface area contributed by atoms with Gasteiger partial charge in [-0.2, -0.15) is 4.98 Å². The number of anilines is 2. The molecule has 1 N–H and O–H groups in total. The fraction of sp³-hybridized carbons (Fsp3) is 0.143. The van der Waals surface area contributed by atoms with Gasteiger partial charge in [0.2, 0.25) is 17.8 Å². The molecule has 7 heteroatoms. The Morgan fingerprint density at radius 1 is 0.743 bits per heavy atom. The standard InChI is InChI=1S/C28H23N5O2/c1-16-12-22-18(3)29-27(31-24(22)13-17(16)2)33-28-30-23-10-6-5-9-21(23)26(32-28)34-15-20-14-19-8-4-7-11-25(19)35-20/h4-14H,15H2,1-3H3,(H,29,30,31,32,33). The topological polar surface area (TPSA) is 86.0 Å². The van der Waals surface area contributed by atoms with E-state index in [9.17, 15) is 0 Å². The van der Waals surface area contributed by atoms with Crippen molar-refractivity contribution in [3.05, 3.63) is 89.3 Å². The van der Waals surface area contributed by atoms with Crippen LogP contribution in [0.4, 0.5) is 11.9 Å². The van der Waals surface area contributed by atoms with Gasteiger partial charge in [-0.25, -0.2) is 15.0 Å². The number of aryl methyl sites for hydroxylation is 3. The molecule has 0 aliphatic rings. The number of furan rings is 1. The summed E-state index contributed by atoms with van der Waals surface area (Å²) in [5.74, 6) is 1.99. The van der Waals surface area contributed by atoms with Crippen molar-refractivity contribution in [3.63, 3.8) is 0 Å². The average molecular weight is 462 g/mol. The Hall–Kier alpha value is -4.52. The zero-order valence-electron chi connectivity index (χ0n) is 19.7. The van der Waals surface area contributed by atoms with Crippen LogP contribution >= 0.6 is 0 Å². The van der Waals surface area contributed by atoms with Crippen LogP contribution in [0.2, 0.25) is 0 Å².